The number of imidazole rings is 1. The molecule has 0 saturated carbocycles. The number of nitrogens with zero attached hydrogens (tertiary/aromatic N) is 4. The van der Waals surface area contributed by atoms with E-state index in [2.05, 4.69) is 20.6 Å². The van der Waals surface area contributed by atoms with Gasteiger partial charge in [-0.05, 0) is 80.4 Å². The summed E-state index contributed by atoms with van der Waals surface area (Å²) >= 11 is 6.77. The molecule has 12 heteroatoms. The third-order valence-electron chi connectivity index (χ3n) is 8.23. The molecule has 1 unspecified atom stereocenters. The molecule has 0 bridgehead atoms. The van der Waals surface area contributed by atoms with Gasteiger partial charge in [0.15, 0.2) is 0 Å². The summed E-state index contributed by atoms with van der Waals surface area (Å²) in [5.74, 6) is -1.74. The third kappa shape index (κ3) is 6.41. The molecule has 1 aliphatic rings. The summed E-state index contributed by atoms with van der Waals surface area (Å²) in [6, 6.07) is 22.8. The number of hydroxylamine groups is 1. The Bertz CT molecular complexity index is 2150. The van der Waals surface area contributed by atoms with Crippen LogP contribution in [0.4, 0.5) is 11.4 Å². The predicted molar refractivity (Wildman–Crippen MR) is 187 cm³/mol. The van der Waals surface area contributed by atoms with E-state index in [0.29, 0.717) is 38.3 Å². The minimum atomic E-state index is -0.902. The summed E-state index contributed by atoms with van der Waals surface area (Å²) in [6.07, 6.45) is 3.44. The Hall–Kier alpha value is -5.78. The second-order valence-corrected chi connectivity index (χ2v) is 11.8. The van der Waals surface area contributed by atoms with Gasteiger partial charge in [0.05, 0.1) is 41.2 Å². The number of pyridine rings is 1. The molecule has 11 nitrogen and oxygen atoms in total. The molecule has 49 heavy (non-hydrogen) atoms. The van der Waals surface area contributed by atoms with Gasteiger partial charge in [-0.25, -0.2) is 9.78 Å². The number of carbonyl (C=O) groups is 3. The van der Waals surface area contributed by atoms with Gasteiger partial charge in [-0.15, -0.1) is 0 Å². The van der Waals surface area contributed by atoms with Gasteiger partial charge in [0.25, 0.3) is 5.91 Å². The Kier molecular flexibility index (Phi) is 9.30. The summed E-state index contributed by atoms with van der Waals surface area (Å²) in [5.41, 5.74) is 5.94. The molecule has 0 spiro atoms. The van der Waals surface area contributed by atoms with Gasteiger partial charge in [-0.3, -0.25) is 24.3 Å². The maximum Gasteiger partial charge on any atom is 0.337 e. The molecule has 1 atom stereocenters. The zero-order valence-corrected chi connectivity index (χ0v) is 27.9. The number of aromatic nitrogens is 3. The van der Waals surface area contributed by atoms with Crippen LogP contribution in [0.5, 0.6) is 0 Å². The van der Waals surface area contributed by atoms with Crippen molar-refractivity contribution in [2.24, 2.45) is 0 Å². The van der Waals surface area contributed by atoms with Gasteiger partial charge < -0.3 is 15.4 Å². The van der Waals surface area contributed by atoms with E-state index in [9.17, 15) is 19.6 Å². The fourth-order valence-corrected chi connectivity index (χ4v) is 6.27. The minimum absolute atomic E-state index is 0.115. The van der Waals surface area contributed by atoms with Crippen molar-refractivity contribution in [3.63, 3.8) is 0 Å². The molecule has 2 amide bonds. The number of hydrogen-bond donors (Lipinski definition) is 3. The van der Waals surface area contributed by atoms with E-state index in [1.165, 1.54) is 19.1 Å². The number of benzene rings is 3. The molecule has 0 radical (unpaired) electrons. The highest BCUT2D eigenvalue weighted by molar-refractivity contribution is 6.31. The minimum Gasteiger partial charge on any atom is -0.463 e. The van der Waals surface area contributed by atoms with E-state index in [1.807, 2.05) is 41.8 Å². The van der Waals surface area contributed by atoms with Crippen LogP contribution < -0.4 is 15.7 Å². The van der Waals surface area contributed by atoms with Crippen LogP contribution in [0.25, 0.3) is 22.4 Å². The molecular formula is C37H33ClN6O5. The van der Waals surface area contributed by atoms with Crippen molar-refractivity contribution < 1.29 is 24.3 Å². The van der Waals surface area contributed by atoms with Gasteiger partial charge in [-0.2, -0.15) is 5.06 Å². The second kappa shape index (κ2) is 13.8. The third-order valence-corrected chi connectivity index (χ3v) is 8.57. The number of rotatable bonds is 8. The Morgan fingerprint density at radius 2 is 1.71 bits per heavy atom. The van der Waals surface area contributed by atoms with Crippen molar-refractivity contribution in [3.8, 4) is 5.69 Å². The highest BCUT2D eigenvalue weighted by Gasteiger charge is 2.39. The summed E-state index contributed by atoms with van der Waals surface area (Å²) in [4.78, 5) is 48.4. The normalized spacial score (nSPS) is 14.4. The average Bonchev–Trinajstić information content (AvgIpc) is 3.43. The maximum absolute atomic E-state index is 14.1. The molecule has 0 saturated heterocycles. The SMILES string of the molecule is CCOC(=O)C1=C(c2ccc(-n3c(C)nc4cnccc43)cc2)NC(C)=C(C(=O)Nc2ccc(N(O)C(C)=O)cc2)C1c1ccccc1Cl. The van der Waals surface area contributed by atoms with E-state index in [4.69, 9.17) is 16.3 Å². The van der Waals surface area contributed by atoms with Gasteiger partial charge in [0, 0.05) is 40.8 Å². The number of hydrogen-bond acceptors (Lipinski definition) is 8. The lowest BCUT2D eigenvalue weighted by Gasteiger charge is -2.32. The quantitative estimate of drug-likeness (QED) is 0.0938. The molecule has 3 aromatic carbocycles. The van der Waals surface area contributed by atoms with Crippen LogP contribution in [-0.2, 0) is 19.1 Å². The van der Waals surface area contributed by atoms with Crippen LogP contribution in [0.3, 0.4) is 0 Å². The number of ether oxygens (including phenoxy) is 1. The van der Waals surface area contributed by atoms with Crippen molar-refractivity contribution in [2.75, 3.05) is 17.0 Å². The Morgan fingerprint density at radius 3 is 2.39 bits per heavy atom. The molecular weight excluding hydrogens is 644 g/mol. The number of halogens is 1. The topological polar surface area (TPSA) is 139 Å². The maximum atomic E-state index is 14.1. The van der Waals surface area contributed by atoms with Gasteiger partial charge in [0.1, 0.15) is 11.3 Å². The van der Waals surface area contributed by atoms with Crippen LogP contribution in [0.15, 0.2) is 108 Å². The number of anilines is 2. The monoisotopic (exact) mass is 676 g/mol. The summed E-state index contributed by atoms with van der Waals surface area (Å²) in [5, 5.41) is 17.1. The van der Waals surface area contributed by atoms with Gasteiger partial charge >= 0.3 is 5.97 Å². The number of nitrogens with one attached hydrogen (secondary N) is 2. The average molecular weight is 677 g/mol. The molecule has 6 rings (SSSR count). The molecule has 5 aromatic rings. The smallest absolute Gasteiger partial charge is 0.337 e. The largest absolute Gasteiger partial charge is 0.463 e. The van der Waals surface area contributed by atoms with Crippen LogP contribution in [0, 0.1) is 6.92 Å². The van der Waals surface area contributed by atoms with Gasteiger partial charge in [0.2, 0.25) is 5.91 Å². The van der Waals surface area contributed by atoms with E-state index in [-0.39, 0.29) is 23.4 Å². The zero-order valence-electron chi connectivity index (χ0n) is 27.2. The van der Waals surface area contributed by atoms with Crippen LogP contribution in [-0.4, -0.2) is 44.1 Å². The predicted octanol–water partition coefficient (Wildman–Crippen LogP) is 6.70. The Balaban J connectivity index is 1.44. The van der Waals surface area contributed by atoms with Crippen molar-refractivity contribution >= 4 is 57.5 Å². The van der Waals surface area contributed by atoms with Gasteiger partial charge in [-0.1, -0.05) is 41.9 Å². The lowest BCUT2D eigenvalue weighted by molar-refractivity contribution is -0.138. The Morgan fingerprint density at radius 1 is 1.00 bits per heavy atom. The first kappa shape index (κ1) is 33.1. The van der Waals surface area contributed by atoms with E-state index in [1.54, 1.807) is 62.6 Å². The highest BCUT2D eigenvalue weighted by Crippen LogP contribution is 2.44. The molecule has 3 N–H and O–H groups in total. The lowest BCUT2D eigenvalue weighted by Crippen LogP contribution is -2.34. The van der Waals surface area contributed by atoms with E-state index in [0.717, 1.165) is 22.5 Å². The van der Waals surface area contributed by atoms with Crippen molar-refractivity contribution in [3.05, 3.63) is 130 Å². The van der Waals surface area contributed by atoms with Crippen LogP contribution in [0.1, 0.15) is 43.6 Å². The molecule has 248 valence electrons. The fraction of sp³-hybridized carbons (Fsp3) is 0.162. The molecule has 2 aromatic heterocycles. The van der Waals surface area contributed by atoms with Crippen molar-refractivity contribution in [1.82, 2.24) is 19.9 Å². The van der Waals surface area contributed by atoms with Crippen LogP contribution in [0.2, 0.25) is 5.02 Å². The summed E-state index contributed by atoms with van der Waals surface area (Å²) < 4.78 is 7.63. The first-order valence-corrected chi connectivity index (χ1v) is 15.9. The second-order valence-electron chi connectivity index (χ2n) is 11.4. The first-order chi connectivity index (χ1) is 23.6. The van der Waals surface area contributed by atoms with E-state index < -0.39 is 23.7 Å². The summed E-state index contributed by atoms with van der Waals surface area (Å²) in [6.45, 7) is 6.76. The highest BCUT2D eigenvalue weighted by atomic mass is 35.5. The number of carbonyl (C=O) groups excluding carboxylic acids is 3. The number of allylic oxidation sites excluding steroid dienone is 1. The summed E-state index contributed by atoms with van der Waals surface area (Å²) in [7, 11) is 0. The van der Waals surface area contributed by atoms with Crippen LogP contribution >= 0.6 is 11.6 Å². The number of aryl methyl sites for hydroxylation is 1. The van der Waals surface area contributed by atoms with Crippen molar-refractivity contribution in [1.29, 1.82) is 0 Å². The molecule has 1 aliphatic heterocycles. The number of fused-ring (bicyclic) bond motifs is 1. The standard InChI is InChI=1S/C37H33ClN6O5/c1-5-49-37(47)34-33(28-8-6-7-9-29(28)38)32(36(46)42-25-12-16-27(17-13-25)44(48)23(4)45)21(2)40-35(34)24-10-14-26(15-11-24)43-22(3)41-30-20-39-19-18-31(30)43/h6-20,33,40,48H,5H2,1-4H3,(H,42,46). The number of amides is 2. The lowest BCUT2D eigenvalue weighted by atomic mass is 9.78. The van der Waals surface area contributed by atoms with E-state index >= 15 is 0 Å². The number of dihydropyridines is 1. The molecule has 0 aliphatic carbocycles. The molecule has 3 heterocycles. The zero-order chi connectivity index (χ0) is 34.8. The Labute approximate surface area is 287 Å². The molecule has 0 fully saturated rings. The first-order valence-electron chi connectivity index (χ1n) is 15.5. The van der Waals surface area contributed by atoms with Crippen molar-refractivity contribution in [2.45, 2.75) is 33.6 Å². The number of esters is 1. The fourth-order valence-electron chi connectivity index (χ4n) is 6.03.